The molecule has 1 heterocycles. The summed E-state index contributed by atoms with van der Waals surface area (Å²) in [5.74, 6) is -0.443. The Morgan fingerprint density at radius 3 is 2.95 bits per heavy atom. The number of methoxy groups -OCH3 is 1. The van der Waals surface area contributed by atoms with Crippen molar-refractivity contribution in [1.29, 1.82) is 0 Å². The molecule has 3 N–H and O–H groups in total. The molecule has 106 valence electrons. The number of hydrogen-bond acceptors (Lipinski definition) is 6. The number of ether oxygens (including phenoxy) is 1. The molecular formula is C12H14N4O3S. The van der Waals surface area contributed by atoms with Crippen molar-refractivity contribution in [3.05, 3.63) is 34.2 Å². The van der Waals surface area contributed by atoms with Crippen LogP contribution in [-0.2, 0) is 11.3 Å². The first kappa shape index (κ1) is 14.2. The van der Waals surface area contributed by atoms with Gasteiger partial charge in [0.2, 0.25) is 0 Å². The van der Waals surface area contributed by atoms with Crippen LogP contribution in [0.3, 0.4) is 0 Å². The van der Waals surface area contributed by atoms with Gasteiger partial charge >= 0.3 is 11.7 Å². The highest BCUT2D eigenvalue weighted by Gasteiger charge is 2.13. The highest BCUT2D eigenvalue weighted by atomic mass is 32.2. The first-order valence-electron chi connectivity index (χ1n) is 5.87. The lowest BCUT2D eigenvalue weighted by molar-refractivity contribution is 0.0600. The number of nitrogen functional groups attached to an aromatic ring is 1. The number of nitrogens with zero attached hydrogens (tertiary/aromatic N) is 2. The fourth-order valence-electron chi connectivity index (χ4n) is 1.63. The zero-order valence-corrected chi connectivity index (χ0v) is 11.9. The second kappa shape index (κ2) is 5.83. The standard InChI is InChI=1S/C12H14N4O3S/c1-3-16-11(18)14-15-12(16)20-9-6-7(10(17)19-2)4-5-8(9)13/h4-6H,3,13H2,1-2H3,(H,14,18). The molecule has 0 radical (unpaired) electrons. The third-order valence-corrected chi connectivity index (χ3v) is 3.74. The van der Waals surface area contributed by atoms with Crippen LogP contribution in [0.4, 0.5) is 5.69 Å². The highest BCUT2D eigenvalue weighted by molar-refractivity contribution is 7.99. The number of nitrogens with two attached hydrogens (primary N) is 1. The van der Waals surface area contributed by atoms with Crippen LogP contribution < -0.4 is 11.4 Å². The van der Waals surface area contributed by atoms with Crippen LogP contribution in [0.2, 0.25) is 0 Å². The van der Waals surface area contributed by atoms with Crippen LogP contribution in [0.1, 0.15) is 17.3 Å². The summed E-state index contributed by atoms with van der Waals surface area (Å²) in [5.41, 5.74) is 6.49. The van der Waals surface area contributed by atoms with Gasteiger partial charge in [-0.2, -0.15) is 0 Å². The van der Waals surface area contributed by atoms with E-state index >= 15 is 0 Å². The average Bonchev–Trinajstić information content (AvgIpc) is 2.80. The molecule has 1 aromatic heterocycles. The van der Waals surface area contributed by atoms with E-state index < -0.39 is 5.97 Å². The van der Waals surface area contributed by atoms with E-state index in [0.29, 0.717) is 27.8 Å². The van der Waals surface area contributed by atoms with Crippen molar-refractivity contribution >= 4 is 23.4 Å². The van der Waals surface area contributed by atoms with E-state index in [1.54, 1.807) is 18.2 Å². The molecule has 0 saturated carbocycles. The summed E-state index contributed by atoms with van der Waals surface area (Å²) in [6.07, 6.45) is 0. The Kier molecular flexibility index (Phi) is 4.14. The van der Waals surface area contributed by atoms with Crippen LogP contribution in [0.25, 0.3) is 0 Å². The van der Waals surface area contributed by atoms with E-state index in [-0.39, 0.29) is 5.69 Å². The molecule has 0 bridgehead atoms. The van der Waals surface area contributed by atoms with Gasteiger partial charge < -0.3 is 10.5 Å². The summed E-state index contributed by atoms with van der Waals surface area (Å²) < 4.78 is 6.15. The largest absolute Gasteiger partial charge is 0.465 e. The summed E-state index contributed by atoms with van der Waals surface area (Å²) in [7, 11) is 1.31. The van der Waals surface area contributed by atoms with Crippen LogP contribution in [0, 0.1) is 0 Å². The van der Waals surface area contributed by atoms with Gasteiger partial charge in [0.25, 0.3) is 0 Å². The van der Waals surface area contributed by atoms with Crippen LogP contribution in [0.5, 0.6) is 0 Å². The van der Waals surface area contributed by atoms with Crippen LogP contribution >= 0.6 is 11.8 Å². The van der Waals surface area contributed by atoms with E-state index in [4.69, 9.17) is 5.73 Å². The molecule has 0 aliphatic rings. The zero-order valence-electron chi connectivity index (χ0n) is 11.0. The molecule has 0 fully saturated rings. The maximum absolute atomic E-state index is 11.5. The van der Waals surface area contributed by atoms with Gasteiger partial charge in [-0.05, 0) is 36.9 Å². The second-order valence-corrected chi connectivity index (χ2v) is 4.91. The molecule has 20 heavy (non-hydrogen) atoms. The molecule has 0 unspecified atom stereocenters. The zero-order chi connectivity index (χ0) is 14.7. The Morgan fingerprint density at radius 2 is 2.30 bits per heavy atom. The van der Waals surface area contributed by atoms with Crippen LogP contribution in [-0.4, -0.2) is 27.8 Å². The number of esters is 1. The van der Waals surface area contributed by atoms with Crippen LogP contribution in [0.15, 0.2) is 33.0 Å². The molecule has 0 spiro atoms. The van der Waals surface area contributed by atoms with Gasteiger partial charge in [-0.1, -0.05) is 0 Å². The predicted molar refractivity (Wildman–Crippen MR) is 74.8 cm³/mol. The number of nitrogens with one attached hydrogen (secondary N) is 1. The molecule has 2 rings (SSSR count). The molecule has 7 nitrogen and oxygen atoms in total. The first-order valence-corrected chi connectivity index (χ1v) is 6.69. The second-order valence-electron chi connectivity index (χ2n) is 3.90. The Balaban J connectivity index is 2.37. The number of aromatic nitrogens is 3. The molecule has 0 saturated heterocycles. The molecule has 0 aliphatic carbocycles. The fourth-order valence-corrected chi connectivity index (χ4v) is 2.61. The molecule has 0 aliphatic heterocycles. The van der Waals surface area contributed by atoms with Crippen molar-refractivity contribution in [2.45, 2.75) is 23.5 Å². The molecule has 0 atom stereocenters. The lowest BCUT2D eigenvalue weighted by atomic mass is 10.2. The number of H-pyrrole nitrogens is 1. The van der Waals surface area contributed by atoms with Gasteiger partial charge in [-0.3, -0.25) is 4.57 Å². The minimum atomic E-state index is -0.443. The Hall–Kier alpha value is -2.22. The maximum atomic E-state index is 11.5. The maximum Gasteiger partial charge on any atom is 0.343 e. The third-order valence-electron chi connectivity index (χ3n) is 2.68. The van der Waals surface area contributed by atoms with E-state index in [1.807, 2.05) is 6.92 Å². The number of rotatable bonds is 4. The number of benzene rings is 1. The highest BCUT2D eigenvalue weighted by Crippen LogP contribution is 2.31. The third kappa shape index (κ3) is 2.69. The van der Waals surface area contributed by atoms with Gasteiger partial charge in [0.1, 0.15) is 0 Å². The predicted octanol–water partition coefficient (Wildman–Crippen LogP) is 1.11. The van der Waals surface area contributed by atoms with Gasteiger partial charge in [-0.25, -0.2) is 14.7 Å². The summed E-state index contributed by atoms with van der Waals surface area (Å²) in [6.45, 7) is 2.34. The van der Waals surface area contributed by atoms with Crippen molar-refractivity contribution in [1.82, 2.24) is 14.8 Å². The number of anilines is 1. The minimum Gasteiger partial charge on any atom is -0.465 e. The average molecular weight is 294 g/mol. The van der Waals surface area contributed by atoms with E-state index in [9.17, 15) is 9.59 Å². The molecule has 1 aromatic carbocycles. The quantitative estimate of drug-likeness (QED) is 0.647. The lowest BCUT2D eigenvalue weighted by Crippen LogP contribution is -2.16. The van der Waals surface area contributed by atoms with Crippen molar-refractivity contribution in [3.63, 3.8) is 0 Å². The number of aromatic amines is 1. The van der Waals surface area contributed by atoms with Crippen molar-refractivity contribution in [2.24, 2.45) is 0 Å². The molecule has 0 amide bonds. The van der Waals surface area contributed by atoms with Gasteiger partial charge in [-0.15, -0.1) is 5.10 Å². The fraction of sp³-hybridized carbons (Fsp3) is 0.250. The van der Waals surface area contributed by atoms with Crippen molar-refractivity contribution in [2.75, 3.05) is 12.8 Å². The normalized spacial score (nSPS) is 10.5. The monoisotopic (exact) mass is 294 g/mol. The van der Waals surface area contributed by atoms with Gasteiger partial charge in [0, 0.05) is 17.1 Å². The summed E-state index contributed by atoms with van der Waals surface area (Å²) in [5, 5.41) is 6.81. The van der Waals surface area contributed by atoms with E-state index in [2.05, 4.69) is 14.9 Å². The summed E-state index contributed by atoms with van der Waals surface area (Å²) in [6, 6.07) is 4.82. The smallest absolute Gasteiger partial charge is 0.343 e. The summed E-state index contributed by atoms with van der Waals surface area (Å²) in [4.78, 5) is 23.6. The summed E-state index contributed by atoms with van der Waals surface area (Å²) >= 11 is 1.22. The first-order chi connectivity index (χ1) is 9.56. The van der Waals surface area contributed by atoms with E-state index in [0.717, 1.165) is 0 Å². The number of carbonyl (C=O) groups is 1. The lowest BCUT2D eigenvalue weighted by Gasteiger charge is -2.07. The Morgan fingerprint density at radius 1 is 1.55 bits per heavy atom. The molecule has 8 heteroatoms. The van der Waals surface area contributed by atoms with Crippen molar-refractivity contribution in [3.8, 4) is 0 Å². The van der Waals surface area contributed by atoms with Crippen molar-refractivity contribution < 1.29 is 9.53 Å². The molecular weight excluding hydrogens is 280 g/mol. The SMILES string of the molecule is CCn1c(Sc2cc(C(=O)OC)ccc2N)n[nH]c1=O. The van der Waals surface area contributed by atoms with Gasteiger partial charge in [0.15, 0.2) is 5.16 Å². The Labute approximate surface area is 119 Å². The number of hydrogen-bond donors (Lipinski definition) is 2. The molecule has 2 aromatic rings. The topological polar surface area (TPSA) is 103 Å². The number of carbonyl (C=O) groups excluding carboxylic acids is 1. The van der Waals surface area contributed by atoms with E-state index in [1.165, 1.54) is 23.4 Å². The Bertz CT molecular complexity index is 692. The minimum absolute atomic E-state index is 0.280. The van der Waals surface area contributed by atoms with Gasteiger partial charge in [0.05, 0.1) is 12.7 Å².